The third kappa shape index (κ3) is 5.67. The van der Waals surface area contributed by atoms with Crippen LogP contribution in [0.5, 0.6) is 17.2 Å². The molecule has 2 rings (SSSR count). The molecule has 1 fully saturated rings. The molecule has 1 heterocycles. The molecule has 1 aromatic rings. The molecule has 1 saturated heterocycles. The van der Waals surface area contributed by atoms with Gasteiger partial charge in [-0.15, -0.1) is 0 Å². The lowest BCUT2D eigenvalue weighted by molar-refractivity contribution is -0.300. The second-order valence-electron chi connectivity index (χ2n) is 6.04. The van der Waals surface area contributed by atoms with Gasteiger partial charge in [0.2, 0.25) is 5.75 Å². The summed E-state index contributed by atoms with van der Waals surface area (Å²) >= 11 is 0. The summed E-state index contributed by atoms with van der Waals surface area (Å²) in [5.74, 6) is 1.10. The molecule has 166 valence electrons. The highest BCUT2D eigenvalue weighted by Gasteiger charge is 2.47. The zero-order valence-corrected chi connectivity index (χ0v) is 16.7. The van der Waals surface area contributed by atoms with Gasteiger partial charge in [0, 0.05) is 0 Å². The normalized spacial score (nSPS) is 27.5. The standard InChI is InChI=1S/C16H24O12S/c1-23-9-4-8(5-10(24-2)14(9)25-3)7-26-16-13(19)12(18)15(11(6-17)27-16)28-29(20,21)22/h4-5,11-13,15-19H,6-7H2,1-3H3,(H,20,21,22)/t11-,12-,13-,15-,16-/m1/s1. The summed E-state index contributed by atoms with van der Waals surface area (Å²) in [4.78, 5) is 0. The topological polar surface area (TPSA) is 170 Å². The Bertz CT molecular complexity index is 755. The molecule has 0 spiro atoms. The van der Waals surface area contributed by atoms with Crippen molar-refractivity contribution in [1.29, 1.82) is 0 Å². The van der Waals surface area contributed by atoms with Gasteiger partial charge in [-0.25, -0.2) is 4.18 Å². The predicted molar refractivity (Wildman–Crippen MR) is 95.1 cm³/mol. The second-order valence-corrected chi connectivity index (χ2v) is 7.09. The number of hydrogen-bond donors (Lipinski definition) is 4. The zero-order valence-electron chi connectivity index (χ0n) is 15.9. The summed E-state index contributed by atoms with van der Waals surface area (Å²) in [6.07, 6.45) is -8.10. The molecule has 0 aromatic heterocycles. The number of ether oxygens (including phenoxy) is 5. The maximum atomic E-state index is 10.9. The fourth-order valence-corrected chi connectivity index (χ4v) is 3.37. The van der Waals surface area contributed by atoms with Crippen LogP contribution >= 0.6 is 0 Å². The summed E-state index contributed by atoms with van der Waals surface area (Å²) < 4.78 is 61.4. The summed E-state index contributed by atoms with van der Waals surface area (Å²) in [5, 5.41) is 29.7. The fraction of sp³-hybridized carbons (Fsp3) is 0.625. The number of hydrogen-bond acceptors (Lipinski definition) is 11. The SMILES string of the molecule is COc1cc(CO[C@@H]2O[C@H](CO)[C@@H](OS(=O)(=O)O)[C@H](O)[C@H]2O)cc(OC)c1OC. The molecular formula is C16H24O12S. The van der Waals surface area contributed by atoms with E-state index in [1.165, 1.54) is 21.3 Å². The van der Waals surface area contributed by atoms with Crippen LogP contribution in [0.3, 0.4) is 0 Å². The summed E-state index contributed by atoms with van der Waals surface area (Å²) in [6.45, 7) is -0.902. The first-order valence-corrected chi connectivity index (χ1v) is 9.70. The van der Waals surface area contributed by atoms with Gasteiger partial charge in [0.15, 0.2) is 17.8 Å². The number of aliphatic hydroxyl groups is 3. The third-order valence-electron chi connectivity index (χ3n) is 4.19. The van der Waals surface area contributed by atoms with Crippen LogP contribution in [0.1, 0.15) is 5.56 Å². The largest absolute Gasteiger partial charge is 0.493 e. The van der Waals surface area contributed by atoms with Gasteiger partial charge in [0.1, 0.15) is 24.4 Å². The zero-order chi connectivity index (χ0) is 21.8. The number of methoxy groups -OCH3 is 3. The second kappa shape index (κ2) is 9.86. The molecule has 12 nitrogen and oxygen atoms in total. The molecule has 29 heavy (non-hydrogen) atoms. The maximum absolute atomic E-state index is 10.9. The number of aliphatic hydroxyl groups excluding tert-OH is 3. The highest BCUT2D eigenvalue weighted by atomic mass is 32.3. The lowest BCUT2D eigenvalue weighted by atomic mass is 9.99. The van der Waals surface area contributed by atoms with Crippen molar-refractivity contribution in [3.63, 3.8) is 0 Å². The van der Waals surface area contributed by atoms with E-state index in [1.807, 2.05) is 0 Å². The smallest absolute Gasteiger partial charge is 0.397 e. The molecule has 0 bridgehead atoms. The molecule has 0 amide bonds. The van der Waals surface area contributed by atoms with Crippen molar-refractivity contribution in [2.45, 2.75) is 37.3 Å². The Morgan fingerprint density at radius 1 is 1.03 bits per heavy atom. The quantitative estimate of drug-likeness (QED) is 0.341. The molecular weight excluding hydrogens is 416 g/mol. The molecule has 0 saturated carbocycles. The van der Waals surface area contributed by atoms with Crippen molar-refractivity contribution in [2.24, 2.45) is 0 Å². The first-order valence-electron chi connectivity index (χ1n) is 8.33. The molecule has 1 aliphatic heterocycles. The van der Waals surface area contributed by atoms with Crippen LogP contribution in [0.2, 0.25) is 0 Å². The highest BCUT2D eigenvalue weighted by molar-refractivity contribution is 7.80. The molecule has 1 aliphatic rings. The predicted octanol–water partition coefficient (Wildman–Crippen LogP) is -1.14. The van der Waals surface area contributed by atoms with E-state index < -0.39 is 47.7 Å². The Morgan fingerprint density at radius 2 is 1.62 bits per heavy atom. The Balaban J connectivity index is 2.15. The fourth-order valence-electron chi connectivity index (χ4n) is 2.85. The van der Waals surface area contributed by atoms with Gasteiger partial charge in [-0.05, 0) is 17.7 Å². The van der Waals surface area contributed by atoms with Crippen LogP contribution in [0, 0.1) is 0 Å². The molecule has 13 heteroatoms. The van der Waals surface area contributed by atoms with Gasteiger partial charge in [-0.2, -0.15) is 8.42 Å². The van der Waals surface area contributed by atoms with E-state index in [9.17, 15) is 23.7 Å². The van der Waals surface area contributed by atoms with E-state index in [2.05, 4.69) is 4.18 Å². The van der Waals surface area contributed by atoms with Crippen molar-refractivity contribution < 1.29 is 56.2 Å². The summed E-state index contributed by atoms with van der Waals surface area (Å²) in [7, 11) is -0.636. The van der Waals surface area contributed by atoms with Gasteiger partial charge in [0.25, 0.3) is 0 Å². The summed E-state index contributed by atoms with van der Waals surface area (Å²) in [6, 6.07) is 3.20. The third-order valence-corrected chi connectivity index (χ3v) is 4.66. The van der Waals surface area contributed by atoms with Gasteiger partial charge in [-0.3, -0.25) is 4.55 Å². The number of rotatable bonds is 9. The highest BCUT2D eigenvalue weighted by Crippen LogP contribution is 2.38. The van der Waals surface area contributed by atoms with Crippen LogP contribution in [-0.4, -0.2) is 86.9 Å². The molecule has 5 atom stereocenters. The minimum Gasteiger partial charge on any atom is -0.493 e. The van der Waals surface area contributed by atoms with Crippen molar-refractivity contribution in [3.05, 3.63) is 17.7 Å². The molecule has 0 radical (unpaired) electrons. The van der Waals surface area contributed by atoms with Crippen molar-refractivity contribution >= 4 is 10.4 Å². The van der Waals surface area contributed by atoms with Crippen LogP contribution in [0.15, 0.2) is 12.1 Å². The van der Waals surface area contributed by atoms with E-state index in [-0.39, 0.29) is 6.61 Å². The van der Waals surface area contributed by atoms with Gasteiger partial charge in [0.05, 0.1) is 34.5 Å². The maximum Gasteiger partial charge on any atom is 0.397 e. The Morgan fingerprint density at radius 3 is 2.07 bits per heavy atom. The Kier molecular flexibility index (Phi) is 8.02. The average Bonchev–Trinajstić information content (AvgIpc) is 2.69. The number of benzene rings is 1. The Labute approximate surface area is 167 Å². The average molecular weight is 440 g/mol. The minimum absolute atomic E-state index is 0.132. The van der Waals surface area contributed by atoms with Crippen LogP contribution < -0.4 is 14.2 Å². The van der Waals surface area contributed by atoms with Crippen molar-refractivity contribution in [1.82, 2.24) is 0 Å². The van der Waals surface area contributed by atoms with Gasteiger partial charge < -0.3 is 39.0 Å². The van der Waals surface area contributed by atoms with E-state index in [0.29, 0.717) is 22.8 Å². The van der Waals surface area contributed by atoms with Crippen LogP contribution in [0.25, 0.3) is 0 Å². The molecule has 0 aliphatic carbocycles. The summed E-state index contributed by atoms with van der Waals surface area (Å²) in [5.41, 5.74) is 0.543. The van der Waals surface area contributed by atoms with Gasteiger partial charge >= 0.3 is 10.4 Å². The van der Waals surface area contributed by atoms with E-state index in [4.69, 9.17) is 28.2 Å². The molecule has 0 unspecified atom stereocenters. The monoisotopic (exact) mass is 440 g/mol. The van der Waals surface area contributed by atoms with Crippen molar-refractivity contribution in [3.8, 4) is 17.2 Å². The first kappa shape index (κ1) is 23.6. The first-order chi connectivity index (χ1) is 13.6. The Hall–Kier alpha value is -1.71. The van der Waals surface area contributed by atoms with Gasteiger partial charge in [-0.1, -0.05) is 0 Å². The van der Waals surface area contributed by atoms with E-state index in [1.54, 1.807) is 12.1 Å². The minimum atomic E-state index is -4.96. The lowest BCUT2D eigenvalue weighted by Gasteiger charge is -2.40. The molecule has 4 N–H and O–H groups in total. The lowest BCUT2D eigenvalue weighted by Crippen LogP contribution is -2.60. The van der Waals surface area contributed by atoms with E-state index >= 15 is 0 Å². The van der Waals surface area contributed by atoms with Crippen LogP contribution in [0.4, 0.5) is 0 Å². The van der Waals surface area contributed by atoms with E-state index in [0.717, 1.165) is 0 Å². The van der Waals surface area contributed by atoms with Crippen molar-refractivity contribution in [2.75, 3.05) is 27.9 Å². The molecule has 1 aromatic carbocycles. The van der Waals surface area contributed by atoms with Crippen LogP contribution in [-0.2, 0) is 30.7 Å².